The Kier molecular flexibility index (Phi) is 11.3. The summed E-state index contributed by atoms with van der Waals surface area (Å²) in [5.74, 6) is -0.652. The third-order valence-electron chi connectivity index (χ3n) is 12.0. The van der Waals surface area contributed by atoms with Crippen LogP contribution in [0.25, 0.3) is 0 Å². The molecule has 262 valence electrons. The molecule has 0 aliphatic heterocycles. The van der Waals surface area contributed by atoms with E-state index in [4.69, 9.17) is 20.3 Å². The Labute approximate surface area is 285 Å². The smallest absolute Gasteiger partial charge is 0.243 e. The Hall–Kier alpha value is -1.26. The van der Waals surface area contributed by atoms with Gasteiger partial charge in [0.05, 0.1) is 11.6 Å². The summed E-state index contributed by atoms with van der Waals surface area (Å²) >= 11 is 0. The van der Waals surface area contributed by atoms with Gasteiger partial charge in [0.25, 0.3) is 0 Å². The third kappa shape index (κ3) is 8.13. The van der Waals surface area contributed by atoms with Gasteiger partial charge in [0, 0.05) is 19.8 Å². The van der Waals surface area contributed by atoms with E-state index in [1.54, 1.807) is 12.5 Å². The number of hydrogen-bond acceptors (Lipinski definition) is 4. The number of amides is 1. The van der Waals surface area contributed by atoms with E-state index in [1.807, 2.05) is 20.8 Å². The second-order valence-electron chi connectivity index (χ2n) is 18.7. The van der Waals surface area contributed by atoms with Crippen molar-refractivity contribution in [1.29, 1.82) is 0 Å². The van der Waals surface area contributed by atoms with E-state index < -0.39 is 28.0 Å². The molecule has 0 aromatic carbocycles. The summed E-state index contributed by atoms with van der Waals surface area (Å²) in [6.45, 7) is 39.9. The quantitative estimate of drug-likeness (QED) is 0.111. The Balaban J connectivity index is 2.20. The maximum absolute atomic E-state index is 13.2. The van der Waals surface area contributed by atoms with Crippen LogP contribution in [0, 0.1) is 11.3 Å². The van der Waals surface area contributed by atoms with Gasteiger partial charge in [-0.2, -0.15) is 0 Å². The lowest BCUT2D eigenvalue weighted by atomic mass is 9.64. The van der Waals surface area contributed by atoms with Crippen LogP contribution in [0.1, 0.15) is 128 Å². The molecule has 0 saturated heterocycles. The molecule has 4 atom stereocenters. The molecule has 46 heavy (non-hydrogen) atoms. The molecule has 3 aliphatic rings. The van der Waals surface area contributed by atoms with Crippen molar-refractivity contribution in [3.05, 3.63) is 47.1 Å². The van der Waals surface area contributed by atoms with E-state index in [-0.39, 0.29) is 27.5 Å². The monoisotopic (exact) mass is 671 g/mol. The Bertz CT molecular complexity index is 1260. The summed E-state index contributed by atoms with van der Waals surface area (Å²) in [5.41, 5.74) is 5.00. The van der Waals surface area contributed by atoms with Crippen LogP contribution < -0.4 is 0 Å². The van der Waals surface area contributed by atoms with E-state index in [9.17, 15) is 4.79 Å². The SMILES string of the molecule is C=C1C(=CC=C2CCC[C@]3(C)C(CC)=CCC23)CC(ON(C(C)=O)C(C)(C)C)(O[Si](C)(C)C(C)(C)C)C[C@H]1O[Si](C)(C)C(C)(C)C. The first-order valence-electron chi connectivity index (χ1n) is 17.9. The molecule has 3 aliphatic carbocycles. The van der Waals surface area contributed by atoms with Gasteiger partial charge in [0.15, 0.2) is 22.4 Å². The van der Waals surface area contributed by atoms with Crippen molar-refractivity contribution in [3.8, 4) is 0 Å². The van der Waals surface area contributed by atoms with Crippen molar-refractivity contribution >= 4 is 22.5 Å². The van der Waals surface area contributed by atoms with Gasteiger partial charge in [-0.25, -0.2) is 9.90 Å². The Morgan fingerprint density at radius 3 is 2.11 bits per heavy atom. The lowest BCUT2D eigenvalue weighted by Crippen LogP contribution is -2.60. The predicted molar refractivity (Wildman–Crippen MR) is 199 cm³/mol. The molecule has 0 radical (unpaired) electrons. The molecule has 0 heterocycles. The van der Waals surface area contributed by atoms with Crippen LogP contribution in [-0.4, -0.2) is 45.0 Å². The van der Waals surface area contributed by atoms with Crippen LogP contribution in [0.15, 0.2) is 47.1 Å². The highest BCUT2D eigenvalue weighted by molar-refractivity contribution is 6.74. The van der Waals surface area contributed by atoms with Crippen LogP contribution in [-0.2, 0) is 18.5 Å². The van der Waals surface area contributed by atoms with Gasteiger partial charge in [-0.05, 0) is 112 Å². The lowest BCUT2D eigenvalue weighted by Gasteiger charge is -2.52. The van der Waals surface area contributed by atoms with Gasteiger partial charge in [-0.3, -0.25) is 4.79 Å². The summed E-state index contributed by atoms with van der Waals surface area (Å²) in [6.07, 6.45) is 13.8. The molecule has 0 aromatic heterocycles. The van der Waals surface area contributed by atoms with Gasteiger partial charge in [0.1, 0.15) is 0 Å². The molecule has 0 spiro atoms. The van der Waals surface area contributed by atoms with Gasteiger partial charge < -0.3 is 8.85 Å². The van der Waals surface area contributed by atoms with Gasteiger partial charge in [0.2, 0.25) is 5.91 Å². The molecule has 1 amide bonds. The first-order chi connectivity index (χ1) is 20.7. The lowest BCUT2D eigenvalue weighted by molar-refractivity contribution is -0.337. The number of allylic oxidation sites excluding steroid dienone is 5. The normalized spacial score (nSPS) is 30.1. The fraction of sp³-hybridized carbons (Fsp3) is 0.769. The molecular formula is C39H69NO4Si2. The third-order valence-corrected chi connectivity index (χ3v) is 21.0. The van der Waals surface area contributed by atoms with Crippen molar-refractivity contribution in [3.63, 3.8) is 0 Å². The second kappa shape index (κ2) is 13.2. The van der Waals surface area contributed by atoms with E-state index in [0.29, 0.717) is 18.8 Å². The summed E-state index contributed by atoms with van der Waals surface area (Å²) in [7, 11) is -4.59. The average molecular weight is 672 g/mol. The number of rotatable bonds is 8. The zero-order valence-corrected chi connectivity index (χ0v) is 34.6. The zero-order valence-electron chi connectivity index (χ0n) is 32.6. The average Bonchev–Trinajstić information content (AvgIpc) is 3.22. The molecule has 0 aromatic rings. The summed E-state index contributed by atoms with van der Waals surface area (Å²) < 4.78 is 14.6. The highest BCUT2D eigenvalue weighted by Crippen LogP contribution is 2.56. The molecule has 7 heteroatoms. The van der Waals surface area contributed by atoms with E-state index >= 15 is 0 Å². The molecule has 0 N–H and O–H groups in total. The van der Waals surface area contributed by atoms with Gasteiger partial charge in [-0.1, -0.05) is 91.3 Å². The highest BCUT2D eigenvalue weighted by atomic mass is 28.4. The highest BCUT2D eigenvalue weighted by Gasteiger charge is 2.54. The number of hydrogen-bond donors (Lipinski definition) is 0. The van der Waals surface area contributed by atoms with Crippen LogP contribution in [0.2, 0.25) is 36.3 Å². The number of carbonyl (C=O) groups is 1. The fourth-order valence-electron chi connectivity index (χ4n) is 7.19. The van der Waals surface area contributed by atoms with Crippen molar-refractivity contribution in [2.24, 2.45) is 11.3 Å². The van der Waals surface area contributed by atoms with Crippen LogP contribution in [0.3, 0.4) is 0 Å². The zero-order chi connectivity index (χ0) is 35.3. The van der Waals surface area contributed by atoms with Crippen LogP contribution in [0.4, 0.5) is 0 Å². The summed E-state index contributed by atoms with van der Waals surface area (Å²) in [5, 5.41) is 1.51. The van der Waals surface area contributed by atoms with Crippen molar-refractivity contribution in [1.82, 2.24) is 5.06 Å². The van der Waals surface area contributed by atoms with Crippen molar-refractivity contribution < 1.29 is 18.5 Å². The Morgan fingerprint density at radius 2 is 1.61 bits per heavy atom. The van der Waals surface area contributed by atoms with Gasteiger partial charge in [-0.15, -0.1) is 0 Å². The molecule has 2 unspecified atom stereocenters. The van der Waals surface area contributed by atoms with E-state index in [0.717, 1.165) is 30.4 Å². The van der Waals surface area contributed by atoms with Crippen molar-refractivity contribution in [2.75, 3.05) is 0 Å². The predicted octanol–water partition coefficient (Wildman–Crippen LogP) is 11.4. The number of nitrogens with zero attached hydrogens (tertiary/aromatic N) is 1. The number of fused-ring (bicyclic) bond motifs is 1. The standard InChI is InChI=1S/C39H69NO4Si2/c1-18-32-23-24-33-30(20-19-25-38(32,33)13)21-22-31-26-39(44-46(16,17)37(10,11)12,43-40(29(3)41)35(4,5)6)27-34(28(31)2)42-45(14,15)36(7,8)9/h21-23,33-34H,2,18-20,24-27H2,1,3-17H3/t33?,34-,38-,39?/m1/s1. The fourth-order valence-corrected chi connectivity index (χ4v) is 9.90. The Morgan fingerprint density at radius 1 is 1.02 bits per heavy atom. The number of hydroxylamine groups is 2. The van der Waals surface area contributed by atoms with E-state index in [1.165, 1.54) is 23.5 Å². The molecule has 3 rings (SSSR count). The van der Waals surface area contributed by atoms with Crippen LogP contribution >= 0.6 is 0 Å². The minimum Gasteiger partial charge on any atom is -0.410 e. The molecule has 2 fully saturated rings. The first-order valence-corrected chi connectivity index (χ1v) is 23.7. The topological polar surface area (TPSA) is 48.0 Å². The maximum Gasteiger partial charge on any atom is 0.243 e. The summed E-state index contributed by atoms with van der Waals surface area (Å²) in [6, 6.07) is 0. The van der Waals surface area contributed by atoms with E-state index in [2.05, 4.69) is 99.8 Å². The minimum atomic E-state index is -2.38. The molecule has 0 bridgehead atoms. The first kappa shape index (κ1) is 39.2. The molecule has 2 saturated carbocycles. The summed E-state index contributed by atoms with van der Waals surface area (Å²) in [4.78, 5) is 20.1. The van der Waals surface area contributed by atoms with Gasteiger partial charge >= 0.3 is 0 Å². The largest absolute Gasteiger partial charge is 0.410 e. The van der Waals surface area contributed by atoms with Crippen molar-refractivity contribution in [2.45, 2.75) is 182 Å². The van der Waals surface area contributed by atoms with Crippen LogP contribution in [0.5, 0.6) is 0 Å². The number of carbonyl (C=O) groups excluding carboxylic acids is 1. The molecular weight excluding hydrogens is 603 g/mol. The molecule has 5 nitrogen and oxygen atoms in total. The minimum absolute atomic E-state index is 0.0240. The second-order valence-corrected chi connectivity index (χ2v) is 28.2. The maximum atomic E-state index is 13.2.